The smallest absolute Gasteiger partial charge is 0.471 e. The number of hydrogen-bond donors (Lipinski definition) is 1. The van der Waals surface area contributed by atoms with Gasteiger partial charge in [0.1, 0.15) is 0 Å². The van der Waals surface area contributed by atoms with Crippen LogP contribution in [0.3, 0.4) is 0 Å². The molecule has 0 heterocycles. The van der Waals surface area contributed by atoms with Gasteiger partial charge in [0, 0.05) is 12.4 Å². The van der Waals surface area contributed by atoms with Gasteiger partial charge in [-0.2, -0.15) is 13.2 Å². The summed E-state index contributed by atoms with van der Waals surface area (Å²) in [6.07, 6.45) is -5.05. The molecule has 0 unspecified atom stereocenters. The third kappa shape index (κ3) is 4.56. The molecule has 0 radical (unpaired) electrons. The summed E-state index contributed by atoms with van der Waals surface area (Å²) >= 11 is 0. The number of hydrogen-bond acceptors (Lipinski definition) is 3. The van der Waals surface area contributed by atoms with Gasteiger partial charge in [-0.15, -0.1) is 0 Å². The summed E-state index contributed by atoms with van der Waals surface area (Å²) < 4.78 is 36.6. The van der Waals surface area contributed by atoms with Crippen molar-refractivity contribution in [1.82, 2.24) is 5.32 Å². The first-order valence-electron chi connectivity index (χ1n) is 5.90. The highest BCUT2D eigenvalue weighted by atomic mass is 19.4. The van der Waals surface area contributed by atoms with Gasteiger partial charge in [-0.3, -0.25) is 4.79 Å². The van der Waals surface area contributed by atoms with Gasteiger partial charge in [-0.05, 0) is 17.5 Å². The van der Waals surface area contributed by atoms with Gasteiger partial charge in [-0.25, -0.2) is 0 Å². The van der Waals surface area contributed by atoms with Crippen molar-refractivity contribution >= 4 is 11.9 Å². The number of benzene rings is 1. The summed E-state index contributed by atoms with van der Waals surface area (Å²) in [6.45, 7) is 1.90. The molecule has 0 aliphatic heterocycles. The third-order valence-corrected chi connectivity index (χ3v) is 2.72. The van der Waals surface area contributed by atoms with Crippen molar-refractivity contribution in [3.8, 4) is 0 Å². The van der Waals surface area contributed by atoms with Crippen LogP contribution in [0.5, 0.6) is 0 Å². The van der Waals surface area contributed by atoms with Crippen LogP contribution < -0.4 is 10.4 Å². The number of carbonyl (C=O) groups is 2. The fourth-order valence-corrected chi connectivity index (χ4v) is 1.64. The standard InChI is InChI=1S/C13H14F3NO3/c1-2-8-3-5-9(6-4-8)10(7-11(18)19)17-12(20)13(14,15)16/h3-6,10H,2,7H2,1H3,(H,17,20)(H,18,19)/p-1/t10-/m1/s1. The lowest BCUT2D eigenvalue weighted by Crippen LogP contribution is -2.41. The van der Waals surface area contributed by atoms with E-state index in [1.807, 2.05) is 6.92 Å². The second-order valence-electron chi connectivity index (χ2n) is 4.20. The molecular weight excluding hydrogens is 275 g/mol. The van der Waals surface area contributed by atoms with E-state index < -0.39 is 30.5 Å². The first-order chi connectivity index (χ1) is 9.24. The van der Waals surface area contributed by atoms with Crippen molar-refractivity contribution < 1.29 is 27.9 Å². The molecule has 1 aromatic carbocycles. The quantitative estimate of drug-likeness (QED) is 0.882. The topological polar surface area (TPSA) is 69.2 Å². The molecule has 0 aliphatic carbocycles. The van der Waals surface area contributed by atoms with Crippen LogP contribution in [-0.2, 0) is 16.0 Å². The molecular formula is C13H13F3NO3-. The number of halogens is 3. The monoisotopic (exact) mass is 288 g/mol. The van der Waals surface area contributed by atoms with Gasteiger partial charge in [-0.1, -0.05) is 31.2 Å². The molecule has 1 amide bonds. The third-order valence-electron chi connectivity index (χ3n) is 2.72. The molecule has 110 valence electrons. The summed E-state index contributed by atoms with van der Waals surface area (Å²) in [5.41, 5.74) is 1.23. The lowest BCUT2D eigenvalue weighted by molar-refractivity contribution is -0.306. The fraction of sp³-hybridized carbons (Fsp3) is 0.385. The van der Waals surface area contributed by atoms with Gasteiger partial charge in [0.2, 0.25) is 0 Å². The summed E-state index contributed by atoms with van der Waals surface area (Å²) in [7, 11) is 0. The Kier molecular flexibility index (Phi) is 5.12. The summed E-state index contributed by atoms with van der Waals surface area (Å²) in [6, 6.07) is 5.03. The van der Waals surface area contributed by atoms with Crippen LogP contribution in [0.2, 0.25) is 0 Å². The Morgan fingerprint density at radius 3 is 2.20 bits per heavy atom. The van der Waals surface area contributed by atoms with E-state index in [1.54, 1.807) is 17.4 Å². The Hall–Kier alpha value is -2.05. The van der Waals surface area contributed by atoms with E-state index in [2.05, 4.69) is 0 Å². The number of carboxylic acid groups (broad SMARTS) is 1. The maximum absolute atomic E-state index is 12.2. The van der Waals surface area contributed by atoms with Gasteiger partial charge in [0.05, 0.1) is 6.04 Å². The Labute approximate surface area is 113 Å². The molecule has 0 aromatic heterocycles. The molecule has 4 nitrogen and oxygen atoms in total. The zero-order valence-electron chi connectivity index (χ0n) is 10.7. The van der Waals surface area contributed by atoms with Gasteiger partial charge >= 0.3 is 12.1 Å². The highest BCUT2D eigenvalue weighted by molar-refractivity contribution is 5.82. The van der Waals surface area contributed by atoms with Crippen LogP contribution in [0.25, 0.3) is 0 Å². The second kappa shape index (κ2) is 6.40. The van der Waals surface area contributed by atoms with Crippen molar-refractivity contribution in [1.29, 1.82) is 0 Å². The Balaban J connectivity index is 2.93. The number of carboxylic acids is 1. The predicted octanol–water partition coefficient (Wildman–Crippen LogP) is 1.11. The molecule has 0 fully saturated rings. The molecule has 0 spiro atoms. The summed E-state index contributed by atoms with van der Waals surface area (Å²) in [5.74, 6) is -3.72. The molecule has 0 bridgehead atoms. The van der Waals surface area contributed by atoms with Crippen LogP contribution in [-0.4, -0.2) is 18.1 Å². The number of aryl methyl sites for hydroxylation is 1. The SMILES string of the molecule is CCc1ccc([C@@H](CC(=O)[O-])NC(=O)C(F)(F)F)cc1. The van der Waals surface area contributed by atoms with Crippen LogP contribution in [0.1, 0.15) is 30.5 Å². The van der Waals surface area contributed by atoms with Crippen LogP contribution >= 0.6 is 0 Å². The highest BCUT2D eigenvalue weighted by Gasteiger charge is 2.39. The number of alkyl halides is 3. The molecule has 1 rings (SSSR count). The minimum absolute atomic E-state index is 0.281. The molecule has 20 heavy (non-hydrogen) atoms. The lowest BCUT2D eigenvalue weighted by Gasteiger charge is -2.20. The zero-order chi connectivity index (χ0) is 15.3. The average molecular weight is 288 g/mol. The second-order valence-corrected chi connectivity index (χ2v) is 4.20. The minimum atomic E-state index is -5.06. The first kappa shape index (κ1) is 16.0. The van der Waals surface area contributed by atoms with Crippen molar-refractivity contribution in [2.45, 2.75) is 32.0 Å². The van der Waals surface area contributed by atoms with E-state index in [4.69, 9.17) is 0 Å². The molecule has 1 N–H and O–H groups in total. The maximum atomic E-state index is 12.2. The maximum Gasteiger partial charge on any atom is 0.471 e. The van der Waals surface area contributed by atoms with Crippen LogP contribution in [0.4, 0.5) is 13.2 Å². The number of rotatable bonds is 5. The van der Waals surface area contributed by atoms with Crippen molar-refractivity contribution in [3.63, 3.8) is 0 Å². The highest BCUT2D eigenvalue weighted by Crippen LogP contribution is 2.21. The molecule has 1 atom stereocenters. The lowest BCUT2D eigenvalue weighted by atomic mass is 10.0. The van der Waals surface area contributed by atoms with E-state index in [0.717, 1.165) is 12.0 Å². The van der Waals surface area contributed by atoms with E-state index in [0.29, 0.717) is 0 Å². The normalized spacial score (nSPS) is 12.8. The number of aliphatic carboxylic acids is 1. The minimum Gasteiger partial charge on any atom is -0.550 e. The summed E-state index contributed by atoms with van der Waals surface area (Å²) in [4.78, 5) is 21.5. The van der Waals surface area contributed by atoms with Crippen LogP contribution in [0, 0.1) is 0 Å². The Morgan fingerprint density at radius 1 is 1.25 bits per heavy atom. The summed E-state index contributed by atoms with van der Waals surface area (Å²) in [5, 5.41) is 12.3. The number of carbonyl (C=O) groups excluding carboxylic acids is 2. The molecule has 7 heteroatoms. The van der Waals surface area contributed by atoms with E-state index in [1.165, 1.54) is 12.1 Å². The van der Waals surface area contributed by atoms with Crippen LogP contribution in [0.15, 0.2) is 24.3 Å². The molecule has 0 saturated carbocycles. The van der Waals surface area contributed by atoms with E-state index in [-0.39, 0.29) is 5.56 Å². The number of nitrogens with one attached hydrogen (secondary N) is 1. The molecule has 0 saturated heterocycles. The van der Waals surface area contributed by atoms with Gasteiger partial charge in [0.15, 0.2) is 0 Å². The van der Waals surface area contributed by atoms with Crippen molar-refractivity contribution in [3.05, 3.63) is 35.4 Å². The zero-order valence-corrected chi connectivity index (χ0v) is 10.7. The van der Waals surface area contributed by atoms with E-state index >= 15 is 0 Å². The van der Waals surface area contributed by atoms with Crippen molar-refractivity contribution in [2.24, 2.45) is 0 Å². The van der Waals surface area contributed by atoms with Gasteiger partial charge in [0.25, 0.3) is 0 Å². The Morgan fingerprint density at radius 2 is 1.80 bits per heavy atom. The molecule has 0 aliphatic rings. The van der Waals surface area contributed by atoms with E-state index in [9.17, 15) is 27.9 Å². The van der Waals surface area contributed by atoms with Gasteiger partial charge < -0.3 is 15.2 Å². The average Bonchev–Trinajstić information content (AvgIpc) is 2.36. The number of amides is 1. The Bertz CT molecular complexity index is 483. The van der Waals surface area contributed by atoms with Crippen molar-refractivity contribution in [2.75, 3.05) is 0 Å². The largest absolute Gasteiger partial charge is 0.550 e. The molecule has 1 aromatic rings. The predicted molar refractivity (Wildman–Crippen MR) is 62.4 cm³/mol. The fourth-order valence-electron chi connectivity index (χ4n) is 1.64. The first-order valence-corrected chi connectivity index (χ1v) is 5.90.